The monoisotopic (exact) mass is 199 g/mol. The Kier molecular flexibility index (Phi) is 4.03. The zero-order valence-electron chi connectivity index (χ0n) is 8.01. The molecular formula is C10H14ClNO. The molecule has 0 saturated heterocycles. The smallest absolute Gasteiger partial charge is 0.216 e. The Labute approximate surface area is 83.9 Å². The van der Waals surface area contributed by atoms with Gasteiger partial charge in [0.15, 0.2) is 0 Å². The Hall–Kier alpha value is -0.760. The van der Waals surface area contributed by atoms with Crippen molar-refractivity contribution in [1.29, 1.82) is 0 Å². The quantitative estimate of drug-likeness (QED) is 0.696. The van der Waals surface area contributed by atoms with E-state index >= 15 is 0 Å². The lowest BCUT2D eigenvalue weighted by atomic mass is 10.1. The van der Waals surface area contributed by atoms with Gasteiger partial charge in [-0.05, 0) is 18.1 Å². The van der Waals surface area contributed by atoms with Gasteiger partial charge in [0.25, 0.3) is 0 Å². The highest BCUT2D eigenvalue weighted by atomic mass is 35.5. The van der Waals surface area contributed by atoms with Gasteiger partial charge in [0.1, 0.15) is 0 Å². The summed E-state index contributed by atoms with van der Waals surface area (Å²) in [6.45, 7) is 2.13. The molecule has 1 rings (SSSR count). The van der Waals surface area contributed by atoms with Crippen LogP contribution in [-0.2, 0) is 12.3 Å². The van der Waals surface area contributed by atoms with Crippen molar-refractivity contribution in [3.8, 4) is 5.88 Å². The lowest BCUT2D eigenvalue weighted by molar-refractivity contribution is 0.392. The number of hydrogen-bond acceptors (Lipinski definition) is 2. The van der Waals surface area contributed by atoms with Crippen LogP contribution in [0.1, 0.15) is 24.5 Å². The number of hydrogen-bond donors (Lipinski definition) is 0. The van der Waals surface area contributed by atoms with Gasteiger partial charge in [-0.1, -0.05) is 13.3 Å². The molecule has 0 unspecified atom stereocenters. The summed E-state index contributed by atoms with van der Waals surface area (Å²) in [4.78, 5) is 4.18. The van der Waals surface area contributed by atoms with Gasteiger partial charge in [-0.3, -0.25) is 0 Å². The second-order valence-corrected chi connectivity index (χ2v) is 3.16. The molecule has 0 spiro atoms. The standard InChI is InChI=1S/C10H14ClNO/c1-3-4-9-5-8(6-11)7-12-10(9)13-2/h5,7H,3-4,6H2,1-2H3. The fraction of sp³-hybridized carbons (Fsp3) is 0.500. The van der Waals surface area contributed by atoms with Gasteiger partial charge in [-0.25, -0.2) is 4.98 Å². The van der Waals surface area contributed by atoms with Crippen molar-refractivity contribution in [1.82, 2.24) is 4.98 Å². The van der Waals surface area contributed by atoms with E-state index < -0.39 is 0 Å². The highest BCUT2D eigenvalue weighted by molar-refractivity contribution is 6.17. The zero-order chi connectivity index (χ0) is 9.68. The summed E-state index contributed by atoms with van der Waals surface area (Å²) in [6, 6.07) is 2.06. The molecular weight excluding hydrogens is 186 g/mol. The van der Waals surface area contributed by atoms with E-state index in [2.05, 4.69) is 18.0 Å². The summed E-state index contributed by atoms with van der Waals surface area (Å²) in [5.41, 5.74) is 2.19. The number of nitrogens with zero attached hydrogens (tertiary/aromatic N) is 1. The first-order valence-electron chi connectivity index (χ1n) is 4.39. The molecule has 0 amide bonds. The van der Waals surface area contributed by atoms with Crippen LogP contribution in [0.2, 0.25) is 0 Å². The average Bonchev–Trinajstić information content (AvgIpc) is 2.18. The number of aromatic nitrogens is 1. The molecule has 0 bridgehead atoms. The molecule has 1 aromatic heterocycles. The summed E-state index contributed by atoms with van der Waals surface area (Å²) in [5.74, 6) is 1.23. The van der Waals surface area contributed by atoms with E-state index in [4.69, 9.17) is 16.3 Å². The molecule has 0 aliphatic heterocycles. The largest absolute Gasteiger partial charge is 0.481 e. The molecule has 0 atom stereocenters. The predicted octanol–water partition coefficient (Wildman–Crippen LogP) is 2.78. The molecule has 0 N–H and O–H groups in total. The van der Waals surface area contributed by atoms with Crippen LogP contribution < -0.4 is 4.74 Å². The molecule has 0 aliphatic rings. The third-order valence-corrected chi connectivity index (χ3v) is 2.16. The van der Waals surface area contributed by atoms with E-state index in [1.165, 1.54) is 0 Å². The minimum Gasteiger partial charge on any atom is -0.481 e. The normalized spacial score (nSPS) is 10.1. The van der Waals surface area contributed by atoms with Crippen LogP contribution in [0.4, 0.5) is 0 Å². The van der Waals surface area contributed by atoms with Crippen molar-refractivity contribution in [2.75, 3.05) is 7.11 Å². The second-order valence-electron chi connectivity index (χ2n) is 2.90. The van der Waals surface area contributed by atoms with Crippen LogP contribution >= 0.6 is 11.6 Å². The maximum Gasteiger partial charge on any atom is 0.216 e. The van der Waals surface area contributed by atoms with Crippen LogP contribution in [0.15, 0.2) is 12.3 Å². The third kappa shape index (κ3) is 2.59. The van der Waals surface area contributed by atoms with Crippen LogP contribution in [0.3, 0.4) is 0 Å². The van der Waals surface area contributed by atoms with Crippen molar-refractivity contribution in [2.24, 2.45) is 0 Å². The van der Waals surface area contributed by atoms with Crippen LogP contribution in [0, 0.1) is 0 Å². The Bertz CT molecular complexity index is 276. The van der Waals surface area contributed by atoms with Crippen LogP contribution in [0.5, 0.6) is 5.88 Å². The summed E-state index contributed by atoms with van der Waals surface area (Å²) in [7, 11) is 1.64. The Balaban J connectivity index is 2.95. The van der Waals surface area contributed by atoms with E-state index in [-0.39, 0.29) is 0 Å². The van der Waals surface area contributed by atoms with E-state index in [1.807, 2.05) is 0 Å². The molecule has 2 nitrogen and oxygen atoms in total. The molecule has 1 heterocycles. The second kappa shape index (κ2) is 5.07. The highest BCUT2D eigenvalue weighted by Crippen LogP contribution is 2.18. The van der Waals surface area contributed by atoms with Gasteiger partial charge in [0.2, 0.25) is 5.88 Å². The molecule has 72 valence electrons. The minimum atomic E-state index is 0.508. The van der Waals surface area contributed by atoms with Crippen molar-refractivity contribution in [2.45, 2.75) is 25.6 Å². The summed E-state index contributed by atoms with van der Waals surface area (Å²) < 4.78 is 5.14. The number of halogens is 1. The maximum atomic E-state index is 5.71. The Morgan fingerprint density at radius 1 is 1.54 bits per heavy atom. The Morgan fingerprint density at radius 2 is 2.31 bits per heavy atom. The number of alkyl halides is 1. The Morgan fingerprint density at radius 3 is 2.85 bits per heavy atom. The summed E-state index contributed by atoms with van der Waals surface area (Å²) in [5, 5.41) is 0. The number of pyridine rings is 1. The fourth-order valence-electron chi connectivity index (χ4n) is 1.25. The molecule has 1 aromatic rings. The predicted molar refractivity (Wildman–Crippen MR) is 54.3 cm³/mol. The average molecular weight is 200 g/mol. The first-order chi connectivity index (χ1) is 6.31. The van der Waals surface area contributed by atoms with Gasteiger partial charge >= 0.3 is 0 Å². The molecule has 0 aromatic carbocycles. The molecule has 0 aliphatic carbocycles. The number of methoxy groups -OCH3 is 1. The first kappa shape index (κ1) is 10.3. The third-order valence-electron chi connectivity index (χ3n) is 1.85. The van der Waals surface area contributed by atoms with E-state index in [1.54, 1.807) is 13.3 Å². The molecule has 13 heavy (non-hydrogen) atoms. The van der Waals surface area contributed by atoms with Crippen molar-refractivity contribution >= 4 is 11.6 Å². The molecule has 0 radical (unpaired) electrons. The van der Waals surface area contributed by atoms with E-state index in [0.717, 1.165) is 29.8 Å². The van der Waals surface area contributed by atoms with Crippen molar-refractivity contribution in [3.05, 3.63) is 23.4 Å². The van der Waals surface area contributed by atoms with Crippen LogP contribution in [0.25, 0.3) is 0 Å². The number of ether oxygens (including phenoxy) is 1. The van der Waals surface area contributed by atoms with Gasteiger partial charge in [0.05, 0.1) is 7.11 Å². The summed E-state index contributed by atoms with van der Waals surface area (Å²) in [6.07, 6.45) is 3.83. The molecule has 3 heteroatoms. The SMILES string of the molecule is CCCc1cc(CCl)cnc1OC. The number of aryl methyl sites for hydroxylation is 1. The lowest BCUT2D eigenvalue weighted by Crippen LogP contribution is -1.96. The van der Waals surface area contributed by atoms with Gasteiger partial charge < -0.3 is 4.74 Å². The molecule has 0 fully saturated rings. The fourth-order valence-corrected chi connectivity index (χ4v) is 1.40. The summed E-state index contributed by atoms with van der Waals surface area (Å²) >= 11 is 5.71. The van der Waals surface area contributed by atoms with Gasteiger partial charge in [0, 0.05) is 17.6 Å². The zero-order valence-corrected chi connectivity index (χ0v) is 8.77. The highest BCUT2D eigenvalue weighted by Gasteiger charge is 2.04. The van der Waals surface area contributed by atoms with Crippen molar-refractivity contribution < 1.29 is 4.74 Å². The molecule has 0 saturated carbocycles. The maximum absolute atomic E-state index is 5.71. The van der Waals surface area contributed by atoms with Crippen LogP contribution in [-0.4, -0.2) is 12.1 Å². The van der Waals surface area contributed by atoms with E-state index in [9.17, 15) is 0 Å². The number of rotatable bonds is 4. The van der Waals surface area contributed by atoms with E-state index in [0.29, 0.717) is 5.88 Å². The lowest BCUT2D eigenvalue weighted by Gasteiger charge is -2.07. The topological polar surface area (TPSA) is 22.1 Å². The van der Waals surface area contributed by atoms with Crippen molar-refractivity contribution in [3.63, 3.8) is 0 Å². The van der Waals surface area contributed by atoms with Gasteiger partial charge in [-0.15, -0.1) is 11.6 Å². The minimum absolute atomic E-state index is 0.508. The van der Waals surface area contributed by atoms with Gasteiger partial charge in [-0.2, -0.15) is 0 Å². The first-order valence-corrected chi connectivity index (χ1v) is 4.93.